The second-order valence-electron chi connectivity index (χ2n) is 3.39. The number of carboxylic acid groups (broad SMARTS) is 1. The maximum atomic E-state index is 10.6. The molecule has 0 saturated carbocycles. The lowest BCUT2D eigenvalue weighted by molar-refractivity contribution is -0.137. The molecule has 0 heterocycles. The van der Waals surface area contributed by atoms with Crippen molar-refractivity contribution in [3.8, 4) is 0 Å². The Morgan fingerprint density at radius 2 is 2.14 bits per heavy atom. The topological polar surface area (TPSA) is 63.3 Å². The van der Waals surface area contributed by atoms with Crippen LogP contribution in [0.5, 0.6) is 0 Å². The highest BCUT2D eigenvalue weighted by Crippen LogP contribution is 2.21. The third-order valence-electron chi connectivity index (χ3n) is 2.33. The number of carboxylic acids is 1. The number of hydrogen-bond donors (Lipinski definition) is 2. The summed E-state index contributed by atoms with van der Waals surface area (Å²) in [6.07, 6.45) is 0.0986. The minimum absolute atomic E-state index is 0.0753. The van der Waals surface area contributed by atoms with E-state index in [1.807, 2.05) is 31.2 Å². The molecule has 1 atom stereocenters. The molecule has 0 unspecified atom stereocenters. The Morgan fingerprint density at radius 3 is 2.64 bits per heavy atom. The molecule has 14 heavy (non-hydrogen) atoms. The van der Waals surface area contributed by atoms with Crippen molar-refractivity contribution in [2.24, 2.45) is 5.73 Å². The van der Waals surface area contributed by atoms with Crippen LogP contribution in [-0.2, 0) is 4.79 Å². The Kier molecular flexibility index (Phi) is 3.65. The van der Waals surface area contributed by atoms with E-state index in [4.69, 9.17) is 10.8 Å². The van der Waals surface area contributed by atoms with E-state index in [1.54, 1.807) is 0 Å². The zero-order valence-electron chi connectivity index (χ0n) is 8.23. The molecule has 3 heteroatoms. The smallest absolute Gasteiger partial charge is 0.304 e. The molecule has 0 aliphatic rings. The van der Waals surface area contributed by atoms with Gasteiger partial charge in [0.2, 0.25) is 0 Å². The lowest BCUT2D eigenvalue weighted by Crippen LogP contribution is -2.17. The quantitative estimate of drug-likeness (QED) is 0.761. The van der Waals surface area contributed by atoms with Crippen LogP contribution >= 0.6 is 0 Å². The Morgan fingerprint density at radius 1 is 1.50 bits per heavy atom. The van der Waals surface area contributed by atoms with Crippen molar-refractivity contribution in [1.82, 2.24) is 0 Å². The van der Waals surface area contributed by atoms with Crippen molar-refractivity contribution in [2.45, 2.75) is 19.3 Å². The number of rotatable bonds is 4. The summed E-state index contributed by atoms with van der Waals surface area (Å²) in [5.41, 5.74) is 7.70. The van der Waals surface area contributed by atoms with Crippen LogP contribution in [0.2, 0.25) is 0 Å². The summed E-state index contributed by atoms with van der Waals surface area (Å²) in [6.45, 7) is 2.34. The van der Waals surface area contributed by atoms with Crippen LogP contribution in [0.4, 0.5) is 0 Å². The van der Waals surface area contributed by atoms with Gasteiger partial charge in [-0.3, -0.25) is 4.79 Å². The predicted octanol–water partition coefficient (Wildman–Crippen LogP) is 1.51. The minimum atomic E-state index is -0.802. The van der Waals surface area contributed by atoms with Crippen LogP contribution in [-0.4, -0.2) is 17.6 Å². The summed E-state index contributed by atoms with van der Waals surface area (Å²) in [6, 6.07) is 7.76. The van der Waals surface area contributed by atoms with Crippen molar-refractivity contribution in [3.05, 3.63) is 35.4 Å². The lowest BCUT2D eigenvalue weighted by atomic mass is 9.92. The normalized spacial score (nSPS) is 12.4. The first-order valence-corrected chi connectivity index (χ1v) is 4.62. The molecule has 0 aromatic heterocycles. The summed E-state index contributed by atoms with van der Waals surface area (Å²) in [4.78, 5) is 10.6. The van der Waals surface area contributed by atoms with E-state index < -0.39 is 5.97 Å². The van der Waals surface area contributed by atoms with Crippen LogP contribution in [0.25, 0.3) is 0 Å². The van der Waals surface area contributed by atoms with Gasteiger partial charge in [-0.25, -0.2) is 0 Å². The molecule has 76 valence electrons. The highest BCUT2D eigenvalue weighted by atomic mass is 16.4. The van der Waals surface area contributed by atoms with Crippen LogP contribution in [0, 0.1) is 6.92 Å². The molecule has 3 nitrogen and oxygen atoms in total. The monoisotopic (exact) mass is 193 g/mol. The third-order valence-corrected chi connectivity index (χ3v) is 2.33. The molecule has 0 aliphatic heterocycles. The highest BCUT2D eigenvalue weighted by molar-refractivity contribution is 5.68. The van der Waals surface area contributed by atoms with E-state index in [-0.39, 0.29) is 12.3 Å². The fraction of sp³-hybridized carbons (Fsp3) is 0.364. The van der Waals surface area contributed by atoms with E-state index in [0.717, 1.165) is 11.1 Å². The molecule has 1 aromatic carbocycles. The van der Waals surface area contributed by atoms with Crippen molar-refractivity contribution in [2.75, 3.05) is 6.54 Å². The van der Waals surface area contributed by atoms with Gasteiger partial charge in [0.15, 0.2) is 0 Å². The Balaban J connectivity index is 2.89. The zero-order chi connectivity index (χ0) is 10.6. The molecular weight excluding hydrogens is 178 g/mol. The third kappa shape index (κ3) is 2.57. The second kappa shape index (κ2) is 4.77. The highest BCUT2D eigenvalue weighted by Gasteiger charge is 2.14. The van der Waals surface area contributed by atoms with Crippen molar-refractivity contribution in [3.63, 3.8) is 0 Å². The average molecular weight is 193 g/mol. The number of aliphatic carboxylic acids is 1. The first kappa shape index (κ1) is 10.7. The number of carbonyl (C=O) groups is 1. The molecule has 1 rings (SSSR count). The maximum absolute atomic E-state index is 10.6. The molecule has 0 saturated heterocycles. The Hall–Kier alpha value is -1.35. The first-order chi connectivity index (χ1) is 6.65. The number of benzene rings is 1. The Labute approximate surface area is 83.6 Å². The van der Waals surface area contributed by atoms with Gasteiger partial charge in [-0.2, -0.15) is 0 Å². The van der Waals surface area contributed by atoms with Crippen LogP contribution in [0.1, 0.15) is 23.5 Å². The van der Waals surface area contributed by atoms with Crippen LogP contribution in [0.15, 0.2) is 24.3 Å². The molecule has 0 aliphatic carbocycles. The van der Waals surface area contributed by atoms with Crippen LogP contribution in [0.3, 0.4) is 0 Å². The molecule has 3 N–H and O–H groups in total. The van der Waals surface area contributed by atoms with Gasteiger partial charge in [0, 0.05) is 5.92 Å². The van der Waals surface area contributed by atoms with Gasteiger partial charge in [0.25, 0.3) is 0 Å². The van der Waals surface area contributed by atoms with Gasteiger partial charge >= 0.3 is 5.97 Å². The molecule has 0 fully saturated rings. The summed E-state index contributed by atoms with van der Waals surface area (Å²) >= 11 is 0. The van der Waals surface area contributed by atoms with Gasteiger partial charge < -0.3 is 10.8 Å². The fourth-order valence-electron chi connectivity index (χ4n) is 1.58. The van der Waals surface area contributed by atoms with Crippen molar-refractivity contribution >= 4 is 5.97 Å². The predicted molar refractivity (Wildman–Crippen MR) is 55.2 cm³/mol. The molecule has 1 aromatic rings. The maximum Gasteiger partial charge on any atom is 0.304 e. The molecule has 0 bridgehead atoms. The zero-order valence-corrected chi connectivity index (χ0v) is 8.23. The largest absolute Gasteiger partial charge is 0.481 e. The van der Waals surface area contributed by atoms with Gasteiger partial charge in [-0.1, -0.05) is 24.3 Å². The van der Waals surface area contributed by atoms with E-state index in [0.29, 0.717) is 6.54 Å². The van der Waals surface area contributed by atoms with Gasteiger partial charge in [-0.15, -0.1) is 0 Å². The SMILES string of the molecule is Cc1ccccc1[C@H](CN)CC(=O)O. The van der Waals surface area contributed by atoms with E-state index in [2.05, 4.69) is 0 Å². The number of hydrogen-bond acceptors (Lipinski definition) is 2. The summed E-state index contributed by atoms with van der Waals surface area (Å²) in [5.74, 6) is -0.877. The van der Waals surface area contributed by atoms with E-state index in [9.17, 15) is 4.79 Å². The average Bonchev–Trinajstić information content (AvgIpc) is 2.15. The summed E-state index contributed by atoms with van der Waals surface area (Å²) in [7, 11) is 0. The summed E-state index contributed by atoms with van der Waals surface area (Å²) in [5, 5.41) is 8.71. The Bertz CT molecular complexity index is 323. The fourth-order valence-corrected chi connectivity index (χ4v) is 1.58. The molecule has 0 amide bonds. The standard InChI is InChI=1S/C11H15NO2/c1-8-4-2-3-5-10(8)9(7-12)6-11(13)14/h2-5,9H,6-7,12H2,1H3,(H,13,14)/t9-/m0/s1. The summed E-state index contributed by atoms with van der Waals surface area (Å²) < 4.78 is 0. The number of nitrogens with two attached hydrogens (primary N) is 1. The minimum Gasteiger partial charge on any atom is -0.481 e. The van der Waals surface area contributed by atoms with E-state index >= 15 is 0 Å². The van der Waals surface area contributed by atoms with Crippen LogP contribution < -0.4 is 5.73 Å². The van der Waals surface area contributed by atoms with Crippen molar-refractivity contribution < 1.29 is 9.90 Å². The molecule has 0 spiro atoms. The first-order valence-electron chi connectivity index (χ1n) is 4.62. The van der Waals surface area contributed by atoms with Gasteiger partial charge in [0.05, 0.1) is 6.42 Å². The lowest BCUT2D eigenvalue weighted by Gasteiger charge is -2.14. The number of aryl methyl sites for hydroxylation is 1. The second-order valence-corrected chi connectivity index (χ2v) is 3.39. The van der Waals surface area contributed by atoms with E-state index in [1.165, 1.54) is 0 Å². The van der Waals surface area contributed by atoms with Gasteiger partial charge in [-0.05, 0) is 24.6 Å². The van der Waals surface area contributed by atoms with Gasteiger partial charge in [0.1, 0.15) is 0 Å². The molecule has 0 radical (unpaired) electrons. The molecular formula is C11H15NO2. The van der Waals surface area contributed by atoms with Crippen molar-refractivity contribution in [1.29, 1.82) is 0 Å².